The minimum atomic E-state index is -4.44. The van der Waals surface area contributed by atoms with Gasteiger partial charge < -0.3 is 10.1 Å². The van der Waals surface area contributed by atoms with E-state index in [-0.39, 0.29) is 18.7 Å². The summed E-state index contributed by atoms with van der Waals surface area (Å²) in [6.45, 7) is -0.332. The predicted molar refractivity (Wildman–Crippen MR) is 47.0 cm³/mol. The Bertz CT molecular complexity index is 243. The molecule has 0 heterocycles. The molecule has 0 aromatic heterocycles. The number of rotatable bonds is 4. The van der Waals surface area contributed by atoms with Crippen LogP contribution in [0.4, 0.5) is 13.2 Å². The summed E-state index contributed by atoms with van der Waals surface area (Å²) in [6, 6.07) is 1.30. The van der Waals surface area contributed by atoms with E-state index >= 15 is 0 Å². The van der Waals surface area contributed by atoms with Crippen LogP contribution >= 0.6 is 0 Å². The van der Waals surface area contributed by atoms with Gasteiger partial charge in [-0.3, -0.25) is 0 Å². The molecule has 1 unspecified atom stereocenters. The van der Waals surface area contributed by atoms with Gasteiger partial charge in [-0.1, -0.05) is 0 Å². The quantitative estimate of drug-likeness (QED) is 0.783. The first-order valence-electron chi connectivity index (χ1n) is 4.70. The zero-order valence-corrected chi connectivity index (χ0v) is 8.34. The number of nitrogens with one attached hydrogen (secondary N) is 1. The van der Waals surface area contributed by atoms with E-state index in [4.69, 9.17) is 10.00 Å². The topological polar surface area (TPSA) is 45.0 Å². The van der Waals surface area contributed by atoms with Crippen molar-refractivity contribution in [2.24, 2.45) is 5.92 Å². The standard InChI is InChI=1S/C9H13F3N2O/c1-15-8-2-7(3-8)14-5-6(4-13)9(10,11)12/h6-8,14H,2-3,5H2,1H3. The molecule has 1 atom stereocenters. The largest absolute Gasteiger partial charge is 0.405 e. The Labute approximate surface area is 86.2 Å². The van der Waals surface area contributed by atoms with Crippen molar-refractivity contribution < 1.29 is 17.9 Å². The van der Waals surface area contributed by atoms with Gasteiger partial charge in [-0.25, -0.2) is 0 Å². The summed E-state index contributed by atoms with van der Waals surface area (Å²) < 4.78 is 41.4. The Hall–Kier alpha value is -0.800. The van der Waals surface area contributed by atoms with E-state index in [9.17, 15) is 13.2 Å². The van der Waals surface area contributed by atoms with Gasteiger partial charge >= 0.3 is 6.18 Å². The predicted octanol–water partition coefficient (Wildman–Crippen LogP) is 1.46. The van der Waals surface area contributed by atoms with Crippen LogP contribution in [0.5, 0.6) is 0 Å². The van der Waals surface area contributed by atoms with Crippen LogP contribution in [0, 0.1) is 17.2 Å². The number of nitrogens with zero attached hydrogens (tertiary/aromatic N) is 1. The molecule has 0 aromatic rings. The molecule has 1 fully saturated rings. The molecule has 0 saturated heterocycles. The zero-order valence-electron chi connectivity index (χ0n) is 8.34. The molecule has 0 amide bonds. The molecular weight excluding hydrogens is 209 g/mol. The van der Waals surface area contributed by atoms with Crippen molar-refractivity contribution in [1.82, 2.24) is 5.32 Å². The second-order valence-corrected chi connectivity index (χ2v) is 3.66. The van der Waals surface area contributed by atoms with Gasteiger partial charge in [0, 0.05) is 19.7 Å². The highest BCUT2D eigenvalue weighted by molar-refractivity contribution is 4.93. The summed E-state index contributed by atoms with van der Waals surface area (Å²) in [4.78, 5) is 0. The molecule has 15 heavy (non-hydrogen) atoms. The summed E-state index contributed by atoms with van der Waals surface area (Å²) in [6.07, 6.45) is -2.86. The van der Waals surface area contributed by atoms with Gasteiger partial charge in [-0.05, 0) is 12.8 Å². The monoisotopic (exact) mass is 222 g/mol. The van der Waals surface area contributed by atoms with Gasteiger partial charge in [0.2, 0.25) is 0 Å². The van der Waals surface area contributed by atoms with E-state index in [0.29, 0.717) is 12.8 Å². The van der Waals surface area contributed by atoms with Crippen LogP contribution in [0.25, 0.3) is 0 Å². The van der Waals surface area contributed by atoms with Gasteiger partial charge in [0.05, 0.1) is 12.2 Å². The molecular formula is C9H13F3N2O. The smallest absolute Gasteiger partial charge is 0.381 e. The summed E-state index contributed by atoms with van der Waals surface area (Å²) in [5.41, 5.74) is 0. The Morgan fingerprint density at radius 2 is 2.13 bits per heavy atom. The first-order chi connectivity index (χ1) is 6.97. The van der Waals surface area contributed by atoms with E-state index in [1.54, 1.807) is 7.11 Å². The number of methoxy groups -OCH3 is 1. The fourth-order valence-electron chi connectivity index (χ4n) is 1.44. The van der Waals surface area contributed by atoms with Crippen LogP contribution in [-0.4, -0.2) is 32.0 Å². The third-order valence-electron chi connectivity index (χ3n) is 2.59. The molecule has 1 rings (SSSR count). The Balaban J connectivity index is 2.23. The van der Waals surface area contributed by atoms with E-state index in [0.717, 1.165) is 0 Å². The molecule has 0 aromatic carbocycles. The molecule has 1 N–H and O–H groups in total. The van der Waals surface area contributed by atoms with Crippen molar-refractivity contribution in [1.29, 1.82) is 5.26 Å². The van der Waals surface area contributed by atoms with Crippen LogP contribution in [0.2, 0.25) is 0 Å². The van der Waals surface area contributed by atoms with Crippen molar-refractivity contribution in [3.8, 4) is 6.07 Å². The second kappa shape index (κ2) is 4.81. The minimum Gasteiger partial charge on any atom is -0.381 e. The summed E-state index contributed by atoms with van der Waals surface area (Å²) >= 11 is 0. The maximum atomic E-state index is 12.1. The zero-order chi connectivity index (χ0) is 11.5. The number of nitriles is 1. The van der Waals surface area contributed by atoms with E-state index in [1.807, 2.05) is 0 Å². The van der Waals surface area contributed by atoms with Crippen LogP contribution in [0.1, 0.15) is 12.8 Å². The highest BCUT2D eigenvalue weighted by Crippen LogP contribution is 2.27. The Kier molecular flexibility index (Phi) is 3.94. The lowest BCUT2D eigenvalue weighted by molar-refractivity contribution is -0.158. The van der Waals surface area contributed by atoms with Gasteiger partial charge in [-0.15, -0.1) is 0 Å². The van der Waals surface area contributed by atoms with Gasteiger partial charge in [0.1, 0.15) is 0 Å². The Morgan fingerprint density at radius 3 is 2.53 bits per heavy atom. The van der Waals surface area contributed by atoms with Crippen LogP contribution in [-0.2, 0) is 4.74 Å². The second-order valence-electron chi connectivity index (χ2n) is 3.66. The first kappa shape index (κ1) is 12.3. The minimum absolute atomic E-state index is 0.0492. The maximum Gasteiger partial charge on any atom is 0.405 e. The third kappa shape index (κ3) is 3.36. The molecule has 3 nitrogen and oxygen atoms in total. The SMILES string of the molecule is COC1CC(NCC(C#N)C(F)(F)F)C1. The number of hydrogen-bond acceptors (Lipinski definition) is 3. The molecule has 1 aliphatic carbocycles. The number of hydrogen-bond donors (Lipinski definition) is 1. The molecule has 1 aliphatic rings. The van der Waals surface area contributed by atoms with Crippen LogP contribution in [0.15, 0.2) is 0 Å². The average Bonchev–Trinajstić information content (AvgIpc) is 2.06. The number of halogens is 3. The van der Waals surface area contributed by atoms with Crippen molar-refractivity contribution >= 4 is 0 Å². The van der Waals surface area contributed by atoms with E-state index in [2.05, 4.69) is 5.32 Å². The normalized spacial score (nSPS) is 27.9. The lowest BCUT2D eigenvalue weighted by atomic mass is 9.89. The molecule has 0 radical (unpaired) electrons. The molecule has 0 spiro atoms. The highest BCUT2D eigenvalue weighted by Gasteiger charge is 2.40. The summed E-state index contributed by atoms with van der Waals surface area (Å²) in [5.74, 6) is -1.92. The fraction of sp³-hybridized carbons (Fsp3) is 0.889. The van der Waals surface area contributed by atoms with Gasteiger partial charge in [-0.2, -0.15) is 18.4 Å². The highest BCUT2D eigenvalue weighted by atomic mass is 19.4. The Morgan fingerprint density at radius 1 is 1.53 bits per heavy atom. The van der Waals surface area contributed by atoms with Crippen molar-refractivity contribution in [3.63, 3.8) is 0 Å². The molecule has 6 heteroatoms. The molecule has 1 saturated carbocycles. The third-order valence-corrected chi connectivity index (χ3v) is 2.59. The van der Waals surface area contributed by atoms with Crippen LogP contribution < -0.4 is 5.32 Å². The van der Waals surface area contributed by atoms with Crippen LogP contribution in [0.3, 0.4) is 0 Å². The van der Waals surface area contributed by atoms with Crippen molar-refractivity contribution in [3.05, 3.63) is 0 Å². The van der Waals surface area contributed by atoms with E-state index < -0.39 is 12.1 Å². The lowest BCUT2D eigenvalue weighted by Gasteiger charge is -2.35. The van der Waals surface area contributed by atoms with Gasteiger partial charge in [0.25, 0.3) is 0 Å². The van der Waals surface area contributed by atoms with Gasteiger partial charge in [0.15, 0.2) is 5.92 Å². The summed E-state index contributed by atoms with van der Waals surface area (Å²) in [7, 11) is 1.58. The average molecular weight is 222 g/mol. The number of ether oxygens (including phenoxy) is 1. The van der Waals surface area contributed by atoms with Crippen molar-refractivity contribution in [2.75, 3.05) is 13.7 Å². The van der Waals surface area contributed by atoms with E-state index in [1.165, 1.54) is 6.07 Å². The number of alkyl halides is 3. The molecule has 0 bridgehead atoms. The maximum absolute atomic E-state index is 12.1. The fourth-order valence-corrected chi connectivity index (χ4v) is 1.44. The molecule has 0 aliphatic heterocycles. The lowest BCUT2D eigenvalue weighted by Crippen LogP contribution is -2.47. The molecule has 86 valence electrons. The summed E-state index contributed by atoms with van der Waals surface area (Å²) in [5, 5.41) is 11.0. The van der Waals surface area contributed by atoms with Crippen molar-refractivity contribution in [2.45, 2.75) is 31.2 Å². The first-order valence-corrected chi connectivity index (χ1v) is 4.70.